The molecule has 0 saturated heterocycles. The molecule has 0 radical (unpaired) electrons. The van der Waals surface area contributed by atoms with Crippen LogP contribution in [0.4, 0.5) is 0 Å². The lowest BCUT2D eigenvalue weighted by Gasteiger charge is -2.21. The summed E-state index contributed by atoms with van der Waals surface area (Å²) in [4.78, 5) is 10.7. The highest BCUT2D eigenvalue weighted by Crippen LogP contribution is 2.02. The number of rotatable bonds is 4. The van der Waals surface area contributed by atoms with Crippen LogP contribution in [-0.4, -0.2) is 18.0 Å². The summed E-state index contributed by atoms with van der Waals surface area (Å²) in [7, 11) is 0. The maximum Gasteiger partial charge on any atom is 0.237 e. The van der Waals surface area contributed by atoms with E-state index in [-0.39, 0.29) is 0 Å². The minimum Gasteiger partial charge on any atom is -0.368 e. The largest absolute Gasteiger partial charge is 0.368 e. The Labute approximate surface area is 71.6 Å². The fourth-order valence-corrected chi connectivity index (χ4v) is 0.471. The number of amides is 1. The number of carbonyl (C=O) groups excluding carboxylic acids is 1. The van der Waals surface area contributed by atoms with Gasteiger partial charge in [0.15, 0.2) is 0 Å². The van der Waals surface area contributed by atoms with Crippen molar-refractivity contribution in [2.45, 2.75) is 19.4 Å². The molecule has 0 atom stereocenters. The second-order valence-corrected chi connectivity index (χ2v) is 3.39. The van der Waals surface area contributed by atoms with Gasteiger partial charge in [0.2, 0.25) is 5.91 Å². The molecular weight excluding hydrogens is 164 g/mol. The van der Waals surface area contributed by atoms with Crippen molar-refractivity contribution in [3.8, 4) is 0 Å². The molecule has 64 valence electrons. The third-order valence-electron chi connectivity index (χ3n) is 1.34. The van der Waals surface area contributed by atoms with Crippen LogP contribution in [0.5, 0.6) is 0 Å². The Hall–Kier alpha value is -0.540. The van der Waals surface area contributed by atoms with Gasteiger partial charge in [-0.15, -0.1) is 0 Å². The highest BCUT2D eigenvalue weighted by molar-refractivity contribution is 6.29. The van der Waals surface area contributed by atoms with Gasteiger partial charge in [-0.1, -0.05) is 18.2 Å². The summed E-state index contributed by atoms with van der Waals surface area (Å²) >= 11 is 5.48. The minimum absolute atomic E-state index is 0.386. The lowest BCUT2D eigenvalue weighted by atomic mass is 10.1. The molecule has 1 amide bonds. The van der Waals surface area contributed by atoms with Gasteiger partial charge in [0, 0.05) is 11.6 Å². The Morgan fingerprint density at radius 1 is 1.73 bits per heavy atom. The molecule has 0 aromatic rings. The highest BCUT2D eigenvalue weighted by atomic mass is 35.5. The van der Waals surface area contributed by atoms with E-state index in [4.69, 9.17) is 17.3 Å². The normalized spacial score (nSPS) is 11.2. The van der Waals surface area contributed by atoms with E-state index in [9.17, 15) is 4.79 Å². The molecule has 3 nitrogen and oxygen atoms in total. The topological polar surface area (TPSA) is 55.1 Å². The van der Waals surface area contributed by atoms with Crippen LogP contribution in [0.2, 0.25) is 0 Å². The molecular formula is C7H13ClN2O. The zero-order valence-electron chi connectivity index (χ0n) is 6.78. The lowest BCUT2D eigenvalue weighted by Crippen LogP contribution is -2.50. The summed E-state index contributed by atoms with van der Waals surface area (Å²) in [5, 5.41) is 3.31. The molecule has 11 heavy (non-hydrogen) atoms. The molecule has 0 aliphatic carbocycles. The number of halogens is 1. The number of nitrogens with two attached hydrogens (primary N) is 1. The van der Waals surface area contributed by atoms with Crippen LogP contribution in [0.1, 0.15) is 13.8 Å². The summed E-state index contributed by atoms with van der Waals surface area (Å²) < 4.78 is 0. The molecule has 0 spiro atoms. The average molecular weight is 177 g/mol. The fraction of sp³-hybridized carbons (Fsp3) is 0.571. The monoisotopic (exact) mass is 176 g/mol. The van der Waals surface area contributed by atoms with Crippen LogP contribution in [0.25, 0.3) is 0 Å². The standard InChI is InChI=1S/C7H13ClN2O/c1-5(8)4-10-7(2,3)6(9)11/h10H,1,4H2,2-3H3,(H2,9,11). The van der Waals surface area contributed by atoms with Crippen LogP contribution in [0, 0.1) is 0 Å². The summed E-state index contributed by atoms with van der Waals surface area (Å²) in [6.07, 6.45) is 0. The number of hydrogen-bond acceptors (Lipinski definition) is 2. The first-order valence-corrected chi connectivity index (χ1v) is 3.62. The molecule has 0 aliphatic heterocycles. The predicted molar refractivity (Wildman–Crippen MR) is 46.3 cm³/mol. The first kappa shape index (κ1) is 10.5. The third-order valence-corrected chi connectivity index (χ3v) is 1.47. The molecule has 0 aliphatic rings. The van der Waals surface area contributed by atoms with Gasteiger partial charge in [0.25, 0.3) is 0 Å². The van der Waals surface area contributed by atoms with E-state index in [1.54, 1.807) is 13.8 Å². The smallest absolute Gasteiger partial charge is 0.237 e. The van der Waals surface area contributed by atoms with Crippen molar-refractivity contribution in [1.82, 2.24) is 5.32 Å². The molecule has 0 bridgehead atoms. The zero-order chi connectivity index (χ0) is 9.07. The van der Waals surface area contributed by atoms with E-state index in [2.05, 4.69) is 11.9 Å². The summed E-state index contributed by atoms with van der Waals surface area (Å²) in [6.45, 7) is 7.23. The zero-order valence-corrected chi connectivity index (χ0v) is 7.53. The van der Waals surface area contributed by atoms with Crippen LogP contribution >= 0.6 is 11.6 Å². The Balaban J connectivity index is 3.92. The van der Waals surface area contributed by atoms with Gasteiger partial charge in [-0.25, -0.2) is 0 Å². The van der Waals surface area contributed by atoms with Crippen molar-refractivity contribution < 1.29 is 4.79 Å². The quantitative estimate of drug-likeness (QED) is 0.659. The Morgan fingerprint density at radius 3 is 2.45 bits per heavy atom. The van der Waals surface area contributed by atoms with E-state index >= 15 is 0 Å². The van der Waals surface area contributed by atoms with Crippen molar-refractivity contribution in [3.63, 3.8) is 0 Å². The van der Waals surface area contributed by atoms with E-state index < -0.39 is 11.4 Å². The van der Waals surface area contributed by atoms with Crippen molar-refractivity contribution in [1.29, 1.82) is 0 Å². The van der Waals surface area contributed by atoms with Gasteiger partial charge in [-0.05, 0) is 13.8 Å². The van der Waals surface area contributed by atoms with Crippen molar-refractivity contribution >= 4 is 17.5 Å². The minimum atomic E-state index is -0.724. The van der Waals surface area contributed by atoms with Gasteiger partial charge < -0.3 is 5.73 Å². The first-order valence-electron chi connectivity index (χ1n) is 3.24. The van der Waals surface area contributed by atoms with E-state index in [1.807, 2.05) is 0 Å². The summed E-state index contributed by atoms with van der Waals surface area (Å²) in [6, 6.07) is 0. The molecule has 0 aromatic heterocycles. The van der Waals surface area contributed by atoms with Gasteiger partial charge in [0.1, 0.15) is 0 Å². The molecule has 0 heterocycles. The summed E-state index contributed by atoms with van der Waals surface area (Å²) in [5.74, 6) is -0.407. The average Bonchev–Trinajstić information content (AvgIpc) is 1.84. The Bertz CT molecular complexity index is 177. The van der Waals surface area contributed by atoms with Gasteiger partial charge in [-0.2, -0.15) is 0 Å². The molecule has 4 heteroatoms. The third kappa shape index (κ3) is 4.01. The Morgan fingerprint density at radius 2 is 2.18 bits per heavy atom. The molecule has 3 N–H and O–H groups in total. The van der Waals surface area contributed by atoms with Crippen LogP contribution < -0.4 is 11.1 Å². The fourth-order valence-electron chi connectivity index (χ4n) is 0.404. The van der Waals surface area contributed by atoms with Crippen LogP contribution in [0.3, 0.4) is 0 Å². The second-order valence-electron chi connectivity index (χ2n) is 2.86. The Kier molecular flexibility index (Phi) is 3.55. The van der Waals surface area contributed by atoms with Crippen molar-refractivity contribution in [2.75, 3.05) is 6.54 Å². The number of hydrogen-bond donors (Lipinski definition) is 2. The molecule has 0 aromatic carbocycles. The first-order chi connectivity index (χ1) is 4.86. The maximum absolute atomic E-state index is 10.7. The van der Waals surface area contributed by atoms with E-state index in [1.165, 1.54) is 0 Å². The number of nitrogens with one attached hydrogen (secondary N) is 1. The molecule has 0 unspecified atom stereocenters. The van der Waals surface area contributed by atoms with Gasteiger partial charge >= 0.3 is 0 Å². The number of carbonyl (C=O) groups is 1. The molecule has 0 saturated carbocycles. The predicted octanol–water partition coefficient (Wildman–Crippen LogP) is 0.592. The van der Waals surface area contributed by atoms with Crippen molar-refractivity contribution in [2.24, 2.45) is 5.73 Å². The van der Waals surface area contributed by atoms with Crippen molar-refractivity contribution in [3.05, 3.63) is 11.6 Å². The second kappa shape index (κ2) is 3.74. The number of primary amides is 1. The maximum atomic E-state index is 10.7. The summed E-state index contributed by atoms with van der Waals surface area (Å²) in [5.41, 5.74) is 4.36. The lowest BCUT2D eigenvalue weighted by molar-refractivity contribution is -0.123. The van der Waals surface area contributed by atoms with Crippen LogP contribution in [0.15, 0.2) is 11.6 Å². The molecule has 0 fully saturated rings. The van der Waals surface area contributed by atoms with Gasteiger partial charge in [0.05, 0.1) is 5.54 Å². The van der Waals surface area contributed by atoms with E-state index in [0.717, 1.165) is 0 Å². The SMILES string of the molecule is C=C(Cl)CNC(C)(C)C(N)=O. The molecule has 0 rings (SSSR count). The van der Waals surface area contributed by atoms with E-state index in [0.29, 0.717) is 11.6 Å². The van der Waals surface area contributed by atoms with Crippen LogP contribution in [-0.2, 0) is 4.79 Å². The highest BCUT2D eigenvalue weighted by Gasteiger charge is 2.23. The van der Waals surface area contributed by atoms with Gasteiger partial charge in [-0.3, -0.25) is 10.1 Å².